The smallest absolute Gasteiger partial charge is 0.328 e. The van der Waals surface area contributed by atoms with Crippen molar-refractivity contribution in [1.29, 1.82) is 0 Å². The quantitative estimate of drug-likeness (QED) is 0.340. The summed E-state index contributed by atoms with van der Waals surface area (Å²) in [6, 6.07) is 12.6. The second-order valence-corrected chi connectivity index (χ2v) is 6.97. The van der Waals surface area contributed by atoms with Crippen LogP contribution in [0.1, 0.15) is 16.7 Å². The number of hydrogen-bond acceptors (Lipinski definition) is 6. The highest BCUT2D eigenvalue weighted by molar-refractivity contribution is 7.85. The van der Waals surface area contributed by atoms with Crippen LogP contribution in [0.3, 0.4) is 0 Å². The van der Waals surface area contributed by atoms with Crippen LogP contribution in [0.2, 0.25) is 0 Å². The Balaban J connectivity index is 2.56. The molecule has 0 saturated carbocycles. The van der Waals surface area contributed by atoms with Crippen LogP contribution >= 0.6 is 0 Å². The second kappa shape index (κ2) is 7.89. The minimum Gasteiger partial charge on any atom is -0.478 e. The molecule has 0 unspecified atom stereocenters. The fourth-order valence-corrected chi connectivity index (χ4v) is 2.63. The predicted molar refractivity (Wildman–Crippen MR) is 93.9 cm³/mol. The first-order valence-corrected chi connectivity index (χ1v) is 9.11. The summed E-state index contributed by atoms with van der Waals surface area (Å²) in [7, 11) is -3.80. The molecule has 2 aromatic carbocycles. The molecule has 0 aliphatic carbocycles. The number of carbonyl (C=O) groups is 1. The number of aliphatic carboxylic acids is 1. The maximum Gasteiger partial charge on any atom is 0.328 e. The third-order valence-corrected chi connectivity index (χ3v) is 3.91. The average molecular weight is 377 g/mol. The monoisotopic (exact) mass is 377 g/mol. The molecule has 0 radical (unpaired) electrons. The van der Waals surface area contributed by atoms with Crippen LogP contribution in [0, 0.1) is 10.1 Å². The van der Waals surface area contributed by atoms with Crippen LogP contribution in [0.5, 0.6) is 0 Å². The second-order valence-electron chi connectivity index (χ2n) is 5.33. The Morgan fingerprint density at radius 1 is 1.19 bits per heavy atom. The van der Waals surface area contributed by atoms with Gasteiger partial charge in [-0.05, 0) is 28.8 Å². The molecule has 136 valence electrons. The number of nitro groups is 1. The first-order valence-electron chi connectivity index (χ1n) is 7.29. The fraction of sp³-hybridized carbons (Fsp3) is 0.118. The first kappa shape index (κ1) is 19.3. The molecule has 0 atom stereocenters. The Bertz CT molecular complexity index is 966. The van der Waals surface area contributed by atoms with E-state index in [9.17, 15) is 23.3 Å². The van der Waals surface area contributed by atoms with E-state index in [0.29, 0.717) is 16.7 Å². The Hall–Kier alpha value is -3.04. The zero-order valence-corrected chi connectivity index (χ0v) is 14.5. The summed E-state index contributed by atoms with van der Waals surface area (Å²) in [5.41, 5.74) is 1.01. The largest absolute Gasteiger partial charge is 0.478 e. The lowest BCUT2D eigenvalue weighted by atomic mass is 9.95. The van der Waals surface area contributed by atoms with Gasteiger partial charge in [0.25, 0.3) is 15.8 Å². The molecule has 1 N–H and O–H groups in total. The van der Waals surface area contributed by atoms with E-state index in [0.717, 1.165) is 12.3 Å². The molecule has 0 heterocycles. The van der Waals surface area contributed by atoms with Crippen molar-refractivity contribution < 1.29 is 27.4 Å². The lowest BCUT2D eigenvalue weighted by Gasteiger charge is -2.10. The highest BCUT2D eigenvalue weighted by atomic mass is 32.2. The van der Waals surface area contributed by atoms with Gasteiger partial charge in [-0.15, -0.1) is 0 Å². The number of nitro benzene ring substituents is 1. The van der Waals surface area contributed by atoms with Crippen molar-refractivity contribution in [3.63, 3.8) is 0 Å². The van der Waals surface area contributed by atoms with E-state index in [-0.39, 0.29) is 11.3 Å². The predicted octanol–water partition coefficient (Wildman–Crippen LogP) is 2.59. The van der Waals surface area contributed by atoms with E-state index in [1.807, 2.05) is 0 Å². The molecule has 0 spiro atoms. The standard InChI is InChI=1S/C17H15NO7S/c1-26(23,24)25-11-14-9-13(7-8-16(14)18(21)22)15(10-17(19)20)12-5-3-2-4-6-12/h2-10H,11H2,1H3,(H,19,20)/b15-10-. The van der Waals surface area contributed by atoms with E-state index < -0.39 is 27.6 Å². The summed E-state index contributed by atoms with van der Waals surface area (Å²) in [6.45, 7) is -0.530. The third-order valence-electron chi connectivity index (χ3n) is 3.37. The van der Waals surface area contributed by atoms with Gasteiger partial charge in [-0.2, -0.15) is 8.42 Å². The van der Waals surface area contributed by atoms with Gasteiger partial charge in [0.1, 0.15) is 0 Å². The molecule has 26 heavy (non-hydrogen) atoms. The van der Waals surface area contributed by atoms with Crippen LogP contribution in [0.4, 0.5) is 5.69 Å². The first-order chi connectivity index (χ1) is 12.2. The van der Waals surface area contributed by atoms with Crippen molar-refractivity contribution >= 4 is 27.3 Å². The summed E-state index contributed by atoms with van der Waals surface area (Å²) in [4.78, 5) is 21.7. The lowest BCUT2D eigenvalue weighted by Crippen LogP contribution is -2.05. The normalized spacial score (nSPS) is 12.0. The highest BCUT2D eigenvalue weighted by Gasteiger charge is 2.18. The number of carboxylic acids is 1. The van der Waals surface area contributed by atoms with Gasteiger partial charge < -0.3 is 5.11 Å². The zero-order valence-electron chi connectivity index (χ0n) is 13.7. The Labute approximate surface area is 149 Å². The summed E-state index contributed by atoms with van der Waals surface area (Å²) in [6.07, 6.45) is 1.82. The minimum absolute atomic E-state index is 0.0187. The maximum atomic E-state index is 11.2. The van der Waals surface area contributed by atoms with Crippen molar-refractivity contribution in [1.82, 2.24) is 0 Å². The van der Waals surface area contributed by atoms with Crippen LogP contribution in [-0.2, 0) is 25.7 Å². The molecule has 0 aliphatic rings. The van der Waals surface area contributed by atoms with Crippen molar-refractivity contribution in [3.8, 4) is 0 Å². The van der Waals surface area contributed by atoms with Crippen molar-refractivity contribution in [2.24, 2.45) is 0 Å². The van der Waals surface area contributed by atoms with Gasteiger partial charge in [-0.25, -0.2) is 4.79 Å². The molecule has 0 fully saturated rings. The molecule has 8 nitrogen and oxygen atoms in total. The molecule has 0 bridgehead atoms. The number of carboxylic acid groups (broad SMARTS) is 1. The van der Waals surface area contributed by atoms with Crippen molar-refractivity contribution in [2.45, 2.75) is 6.61 Å². The summed E-state index contributed by atoms with van der Waals surface area (Å²) >= 11 is 0. The SMILES string of the molecule is CS(=O)(=O)OCc1cc(/C(=C\C(=O)O)c2ccccc2)ccc1[N+](=O)[O-]. The number of hydrogen-bond donors (Lipinski definition) is 1. The fourth-order valence-electron chi connectivity index (χ4n) is 2.29. The third kappa shape index (κ3) is 5.23. The van der Waals surface area contributed by atoms with Crippen LogP contribution in [-0.4, -0.2) is 30.7 Å². The molecular weight excluding hydrogens is 362 g/mol. The molecule has 0 amide bonds. The van der Waals surface area contributed by atoms with E-state index in [1.54, 1.807) is 30.3 Å². The average Bonchev–Trinajstić information content (AvgIpc) is 2.57. The van der Waals surface area contributed by atoms with Gasteiger partial charge in [0, 0.05) is 12.1 Å². The Kier molecular flexibility index (Phi) is 5.86. The Morgan fingerprint density at radius 3 is 2.38 bits per heavy atom. The molecular formula is C17H15NO7S. The summed E-state index contributed by atoms with van der Waals surface area (Å²) in [5, 5.41) is 20.3. The number of benzene rings is 2. The topological polar surface area (TPSA) is 124 Å². The zero-order chi connectivity index (χ0) is 19.3. The summed E-state index contributed by atoms with van der Waals surface area (Å²) in [5.74, 6) is -1.18. The van der Waals surface area contributed by atoms with Crippen molar-refractivity contribution in [2.75, 3.05) is 6.26 Å². The van der Waals surface area contributed by atoms with Gasteiger partial charge in [0.05, 0.1) is 23.3 Å². The minimum atomic E-state index is -3.80. The molecule has 0 aliphatic heterocycles. The molecule has 2 aromatic rings. The molecule has 0 saturated heterocycles. The number of nitrogens with zero attached hydrogens (tertiary/aromatic N) is 1. The summed E-state index contributed by atoms with van der Waals surface area (Å²) < 4.78 is 27.0. The van der Waals surface area contributed by atoms with Gasteiger partial charge in [-0.3, -0.25) is 14.3 Å². The molecule has 2 rings (SSSR count). The maximum absolute atomic E-state index is 11.2. The van der Waals surface area contributed by atoms with Gasteiger partial charge in [0.15, 0.2) is 0 Å². The van der Waals surface area contributed by atoms with Crippen LogP contribution in [0.15, 0.2) is 54.6 Å². The van der Waals surface area contributed by atoms with Crippen LogP contribution < -0.4 is 0 Å². The lowest BCUT2D eigenvalue weighted by molar-refractivity contribution is -0.385. The van der Waals surface area contributed by atoms with Crippen molar-refractivity contribution in [3.05, 3.63) is 81.4 Å². The van der Waals surface area contributed by atoms with E-state index in [4.69, 9.17) is 5.11 Å². The molecule has 0 aromatic heterocycles. The van der Waals surface area contributed by atoms with E-state index in [1.165, 1.54) is 18.2 Å². The van der Waals surface area contributed by atoms with Gasteiger partial charge >= 0.3 is 5.97 Å². The van der Waals surface area contributed by atoms with Crippen LogP contribution in [0.25, 0.3) is 5.57 Å². The Morgan fingerprint density at radius 2 is 1.85 bits per heavy atom. The molecule has 9 heteroatoms. The van der Waals surface area contributed by atoms with Gasteiger partial charge in [0.2, 0.25) is 0 Å². The van der Waals surface area contributed by atoms with Gasteiger partial charge in [-0.1, -0.05) is 30.3 Å². The number of rotatable bonds is 7. The van der Waals surface area contributed by atoms with E-state index >= 15 is 0 Å². The highest BCUT2D eigenvalue weighted by Crippen LogP contribution is 2.29. The van der Waals surface area contributed by atoms with E-state index in [2.05, 4.69) is 4.18 Å².